The predicted molar refractivity (Wildman–Crippen MR) is 72.7 cm³/mol. The Kier molecular flexibility index (Phi) is 11.0. The van der Waals surface area contributed by atoms with Gasteiger partial charge in [0.25, 0.3) is 0 Å². The molecule has 0 aliphatic rings. The molecule has 0 spiro atoms. The van der Waals surface area contributed by atoms with Crippen molar-refractivity contribution < 1.29 is 14.3 Å². The Hall–Kier alpha value is -0.650. The van der Waals surface area contributed by atoms with Crippen LogP contribution in [-0.2, 0) is 14.3 Å². The van der Waals surface area contributed by atoms with Gasteiger partial charge in [-0.15, -0.1) is 0 Å². The molecule has 0 saturated heterocycles. The zero-order valence-electron chi connectivity index (χ0n) is 12.3. The molecule has 108 valence electrons. The zero-order chi connectivity index (χ0) is 13.8. The van der Waals surface area contributed by atoms with Gasteiger partial charge in [0.15, 0.2) is 0 Å². The Morgan fingerprint density at radius 2 is 1.50 bits per heavy atom. The molecule has 0 aromatic rings. The summed E-state index contributed by atoms with van der Waals surface area (Å²) in [6.45, 7) is 3.47. The van der Waals surface area contributed by atoms with Crippen LogP contribution in [0.3, 0.4) is 0 Å². The van der Waals surface area contributed by atoms with Gasteiger partial charge in [0.2, 0.25) is 5.91 Å². The van der Waals surface area contributed by atoms with Gasteiger partial charge < -0.3 is 19.3 Å². The molecule has 0 aromatic heterocycles. The zero-order valence-corrected chi connectivity index (χ0v) is 12.3. The molecule has 0 radical (unpaired) electrons. The second kappa shape index (κ2) is 11.4. The van der Waals surface area contributed by atoms with Crippen molar-refractivity contribution in [1.82, 2.24) is 9.80 Å². The van der Waals surface area contributed by atoms with Gasteiger partial charge in [0.05, 0.1) is 13.2 Å². The van der Waals surface area contributed by atoms with E-state index in [9.17, 15) is 4.79 Å². The molecule has 0 atom stereocenters. The number of rotatable bonds is 11. The molecule has 0 unspecified atom stereocenters. The van der Waals surface area contributed by atoms with Gasteiger partial charge in [-0.2, -0.15) is 0 Å². The van der Waals surface area contributed by atoms with Crippen LogP contribution in [-0.4, -0.2) is 76.9 Å². The van der Waals surface area contributed by atoms with E-state index in [0.29, 0.717) is 32.7 Å². The van der Waals surface area contributed by atoms with Crippen LogP contribution in [0.25, 0.3) is 0 Å². The van der Waals surface area contributed by atoms with Crippen LogP contribution in [0.1, 0.15) is 19.3 Å². The number of hydrogen-bond acceptors (Lipinski definition) is 4. The highest BCUT2D eigenvalue weighted by Gasteiger charge is 2.12. The van der Waals surface area contributed by atoms with Crippen molar-refractivity contribution in [3.63, 3.8) is 0 Å². The third kappa shape index (κ3) is 9.39. The molecule has 18 heavy (non-hydrogen) atoms. The van der Waals surface area contributed by atoms with E-state index in [1.165, 1.54) is 0 Å². The van der Waals surface area contributed by atoms with E-state index < -0.39 is 0 Å². The fourth-order valence-corrected chi connectivity index (χ4v) is 1.63. The normalized spacial score (nSPS) is 10.9. The van der Waals surface area contributed by atoms with Gasteiger partial charge in [-0.05, 0) is 33.5 Å². The Balaban J connectivity index is 3.88. The summed E-state index contributed by atoms with van der Waals surface area (Å²) in [6, 6.07) is 0. The molecular formula is C13H28N2O3. The maximum absolute atomic E-state index is 12.0. The second-order valence-electron chi connectivity index (χ2n) is 4.63. The highest BCUT2D eigenvalue weighted by atomic mass is 16.5. The summed E-state index contributed by atoms with van der Waals surface area (Å²) in [4.78, 5) is 16.0. The first-order valence-electron chi connectivity index (χ1n) is 6.52. The Bertz CT molecular complexity index is 202. The maximum atomic E-state index is 12.0. The molecule has 0 rings (SSSR count). The SMILES string of the molecule is COCCN(CCOC)C(=O)CCCCN(C)C. The molecule has 0 N–H and O–H groups in total. The summed E-state index contributed by atoms with van der Waals surface area (Å²) in [5.41, 5.74) is 0. The third-order valence-corrected chi connectivity index (χ3v) is 2.73. The molecule has 5 nitrogen and oxygen atoms in total. The van der Waals surface area contributed by atoms with E-state index in [1.807, 2.05) is 19.0 Å². The first kappa shape index (κ1) is 17.4. The van der Waals surface area contributed by atoms with Gasteiger partial charge >= 0.3 is 0 Å². The average Bonchev–Trinajstić information content (AvgIpc) is 2.34. The van der Waals surface area contributed by atoms with Crippen LogP contribution in [0.4, 0.5) is 0 Å². The van der Waals surface area contributed by atoms with E-state index >= 15 is 0 Å². The molecule has 0 aromatic carbocycles. The summed E-state index contributed by atoms with van der Waals surface area (Å²) >= 11 is 0. The van der Waals surface area contributed by atoms with Gasteiger partial charge in [-0.3, -0.25) is 4.79 Å². The molecule has 0 aliphatic carbocycles. The highest BCUT2D eigenvalue weighted by molar-refractivity contribution is 5.76. The second-order valence-corrected chi connectivity index (χ2v) is 4.63. The average molecular weight is 260 g/mol. The van der Waals surface area contributed by atoms with Gasteiger partial charge in [-0.1, -0.05) is 0 Å². The Labute approximate surface area is 111 Å². The quantitative estimate of drug-likeness (QED) is 0.516. The number of carbonyl (C=O) groups is 1. The standard InChI is InChI=1S/C13H28N2O3/c1-14(2)8-6-5-7-13(16)15(9-11-17-3)10-12-18-4/h5-12H2,1-4H3. The third-order valence-electron chi connectivity index (χ3n) is 2.73. The number of methoxy groups -OCH3 is 2. The smallest absolute Gasteiger partial charge is 0.222 e. The summed E-state index contributed by atoms with van der Waals surface area (Å²) in [6.07, 6.45) is 2.61. The Morgan fingerprint density at radius 1 is 0.944 bits per heavy atom. The van der Waals surface area contributed by atoms with Crippen LogP contribution in [0.15, 0.2) is 0 Å². The van der Waals surface area contributed by atoms with Crippen LogP contribution in [0.5, 0.6) is 0 Å². The number of unbranched alkanes of at least 4 members (excludes halogenated alkanes) is 1. The van der Waals surface area contributed by atoms with Crippen molar-refractivity contribution >= 4 is 5.91 Å². The maximum Gasteiger partial charge on any atom is 0.222 e. The summed E-state index contributed by atoms with van der Waals surface area (Å²) in [7, 11) is 7.39. The monoisotopic (exact) mass is 260 g/mol. The topological polar surface area (TPSA) is 42.0 Å². The van der Waals surface area contributed by atoms with E-state index in [2.05, 4.69) is 4.90 Å². The van der Waals surface area contributed by atoms with Crippen molar-refractivity contribution in [2.45, 2.75) is 19.3 Å². The van der Waals surface area contributed by atoms with Crippen LogP contribution in [0.2, 0.25) is 0 Å². The van der Waals surface area contributed by atoms with E-state index in [1.54, 1.807) is 14.2 Å². The molecule has 0 aliphatic heterocycles. The molecule has 1 amide bonds. The summed E-state index contributed by atoms with van der Waals surface area (Å²) in [5.74, 6) is 0.197. The number of hydrogen-bond donors (Lipinski definition) is 0. The summed E-state index contributed by atoms with van der Waals surface area (Å²) in [5, 5.41) is 0. The number of ether oxygens (including phenoxy) is 2. The first-order chi connectivity index (χ1) is 8.61. The van der Waals surface area contributed by atoms with Crippen LogP contribution < -0.4 is 0 Å². The van der Waals surface area contributed by atoms with E-state index in [0.717, 1.165) is 19.4 Å². The van der Waals surface area contributed by atoms with E-state index in [4.69, 9.17) is 9.47 Å². The predicted octanol–water partition coefficient (Wildman–Crippen LogP) is 0.840. The lowest BCUT2D eigenvalue weighted by molar-refractivity contribution is -0.132. The fourth-order valence-electron chi connectivity index (χ4n) is 1.63. The minimum atomic E-state index is 0.197. The van der Waals surface area contributed by atoms with Gasteiger partial charge in [0.1, 0.15) is 0 Å². The first-order valence-corrected chi connectivity index (χ1v) is 6.52. The van der Waals surface area contributed by atoms with Gasteiger partial charge in [-0.25, -0.2) is 0 Å². The summed E-state index contributed by atoms with van der Waals surface area (Å²) < 4.78 is 10.0. The molecule has 0 fully saturated rings. The number of amides is 1. The van der Waals surface area contributed by atoms with Crippen LogP contribution >= 0.6 is 0 Å². The lowest BCUT2D eigenvalue weighted by Gasteiger charge is -2.22. The molecule has 0 bridgehead atoms. The van der Waals surface area contributed by atoms with Crippen molar-refractivity contribution in [3.05, 3.63) is 0 Å². The largest absolute Gasteiger partial charge is 0.383 e. The molecule has 5 heteroatoms. The van der Waals surface area contributed by atoms with Crippen molar-refractivity contribution in [2.75, 3.05) is 61.2 Å². The lowest BCUT2D eigenvalue weighted by atomic mass is 10.2. The molecule has 0 saturated carbocycles. The number of carbonyl (C=O) groups excluding carboxylic acids is 1. The highest BCUT2D eigenvalue weighted by Crippen LogP contribution is 2.02. The van der Waals surface area contributed by atoms with Crippen LogP contribution in [0, 0.1) is 0 Å². The fraction of sp³-hybridized carbons (Fsp3) is 0.923. The molecular weight excluding hydrogens is 232 g/mol. The van der Waals surface area contributed by atoms with Crippen molar-refractivity contribution in [1.29, 1.82) is 0 Å². The Morgan fingerprint density at radius 3 is 1.94 bits per heavy atom. The lowest BCUT2D eigenvalue weighted by Crippen LogP contribution is -2.36. The van der Waals surface area contributed by atoms with Crippen molar-refractivity contribution in [3.8, 4) is 0 Å². The molecule has 0 heterocycles. The number of nitrogens with zero attached hydrogens (tertiary/aromatic N) is 2. The minimum Gasteiger partial charge on any atom is -0.383 e. The van der Waals surface area contributed by atoms with E-state index in [-0.39, 0.29) is 5.91 Å². The van der Waals surface area contributed by atoms with Gasteiger partial charge in [0, 0.05) is 33.7 Å². The minimum absolute atomic E-state index is 0.197. The van der Waals surface area contributed by atoms with Crippen molar-refractivity contribution in [2.24, 2.45) is 0 Å².